The SMILES string of the molecule is O=C(O)[C@@H]1C[C@H]1COc1ccc([C@@H]2CCC[C@H](Oc3ccccc3)C2)cc1. The van der Waals surface area contributed by atoms with Crippen LogP contribution in [0.5, 0.6) is 11.5 Å². The number of carboxylic acid groups (broad SMARTS) is 1. The van der Waals surface area contributed by atoms with E-state index < -0.39 is 5.97 Å². The molecule has 2 aromatic carbocycles. The van der Waals surface area contributed by atoms with Gasteiger partial charge in [0.1, 0.15) is 11.5 Å². The van der Waals surface area contributed by atoms with Gasteiger partial charge in [-0.25, -0.2) is 0 Å². The zero-order chi connectivity index (χ0) is 18.6. The van der Waals surface area contributed by atoms with Crippen molar-refractivity contribution in [2.75, 3.05) is 6.61 Å². The van der Waals surface area contributed by atoms with Gasteiger partial charge in [-0.3, -0.25) is 4.79 Å². The molecule has 0 saturated heterocycles. The number of carboxylic acids is 1. The van der Waals surface area contributed by atoms with Crippen molar-refractivity contribution in [3.8, 4) is 11.5 Å². The molecule has 0 aromatic heterocycles. The summed E-state index contributed by atoms with van der Waals surface area (Å²) in [6, 6.07) is 18.4. The first kappa shape index (κ1) is 17.9. The number of ether oxygens (including phenoxy) is 2. The lowest BCUT2D eigenvalue weighted by molar-refractivity contribution is -0.138. The molecule has 0 unspecified atom stereocenters. The molecule has 4 rings (SSSR count). The number of hydrogen-bond acceptors (Lipinski definition) is 3. The van der Waals surface area contributed by atoms with E-state index in [0.717, 1.165) is 30.8 Å². The van der Waals surface area contributed by atoms with Crippen molar-refractivity contribution in [1.29, 1.82) is 0 Å². The third-order valence-corrected chi connectivity index (χ3v) is 5.73. The van der Waals surface area contributed by atoms with Gasteiger partial charge in [0.15, 0.2) is 0 Å². The fraction of sp³-hybridized carbons (Fsp3) is 0.435. The van der Waals surface area contributed by atoms with Crippen molar-refractivity contribution in [3.05, 3.63) is 60.2 Å². The highest BCUT2D eigenvalue weighted by atomic mass is 16.5. The lowest BCUT2D eigenvalue weighted by Gasteiger charge is -2.30. The number of aliphatic carboxylic acids is 1. The highest BCUT2D eigenvalue weighted by molar-refractivity contribution is 5.73. The Kier molecular flexibility index (Phi) is 5.33. The summed E-state index contributed by atoms with van der Waals surface area (Å²) < 4.78 is 11.9. The smallest absolute Gasteiger partial charge is 0.306 e. The van der Waals surface area contributed by atoms with Crippen molar-refractivity contribution in [1.82, 2.24) is 0 Å². The summed E-state index contributed by atoms with van der Waals surface area (Å²) in [5.41, 5.74) is 1.33. The Labute approximate surface area is 160 Å². The number of hydrogen-bond donors (Lipinski definition) is 1. The van der Waals surface area contributed by atoms with Gasteiger partial charge in [0.25, 0.3) is 0 Å². The molecule has 0 bridgehead atoms. The minimum absolute atomic E-state index is 0.163. The van der Waals surface area contributed by atoms with E-state index in [0.29, 0.717) is 12.5 Å². The predicted molar refractivity (Wildman–Crippen MR) is 103 cm³/mol. The molecule has 2 aliphatic carbocycles. The van der Waals surface area contributed by atoms with E-state index in [1.807, 2.05) is 42.5 Å². The maximum absolute atomic E-state index is 10.9. The Hall–Kier alpha value is -2.49. The van der Waals surface area contributed by atoms with E-state index >= 15 is 0 Å². The first-order chi connectivity index (χ1) is 13.2. The molecule has 142 valence electrons. The summed E-state index contributed by atoms with van der Waals surface area (Å²) in [7, 11) is 0. The van der Waals surface area contributed by atoms with Crippen molar-refractivity contribution in [2.24, 2.45) is 11.8 Å². The molecule has 2 saturated carbocycles. The van der Waals surface area contributed by atoms with Crippen LogP contribution in [0.15, 0.2) is 54.6 Å². The quantitative estimate of drug-likeness (QED) is 0.758. The highest BCUT2D eigenvalue weighted by Gasteiger charge is 2.43. The molecule has 0 radical (unpaired) electrons. The second-order valence-corrected chi connectivity index (χ2v) is 7.74. The standard InChI is InChI=1S/C23H26O4/c24-23(25)22-14-18(22)15-26-19-11-9-16(10-12-19)17-5-4-8-21(13-17)27-20-6-2-1-3-7-20/h1-3,6-7,9-12,17-18,21-22H,4-5,8,13-15H2,(H,24,25)/t17-,18+,21+,22-/m1/s1. The van der Waals surface area contributed by atoms with Gasteiger partial charge < -0.3 is 14.6 Å². The Morgan fingerprint density at radius 2 is 1.74 bits per heavy atom. The van der Waals surface area contributed by atoms with E-state index in [-0.39, 0.29) is 17.9 Å². The molecule has 0 spiro atoms. The molecular formula is C23H26O4. The molecule has 1 N–H and O–H groups in total. The average molecular weight is 366 g/mol. The zero-order valence-electron chi connectivity index (χ0n) is 15.4. The number of benzene rings is 2. The van der Waals surface area contributed by atoms with E-state index in [1.54, 1.807) is 0 Å². The van der Waals surface area contributed by atoms with E-state index in [9.17, 15) is 4.79 Å². The molecule has 2 aromatic rings. The average Bonchev–Trinajstić information content (AvgIpc) is 3.48. The topological polar surface area (TPSA) is 55.8 Å². The van der Waals surface area contributed by atoms with Gasteiger partial charge in [0.05, 0.1) is 18.6 Å². The van der Waals surface area contributed by atoms with Crippen LogP contribution in [-0.2, 0) is 4.79 Å². The van der Waals surface area contributed by atoms with Crippen molar-refractivity contribution < 1.29 is 19.4 Å². The first-order valence-electron chi connectivity index (χ1n) is 9.86. The molecule has 4 nitrogen and oxygen atoms in total. The summed E-state index contributed by atoms with van der Waals surface area (Å²) in [6.45, 7) is 0.493. The lowest BCUT2D eigenvalue weighted by atomic mass is 9.82. The lowest BCUT2D eigenvalue weighted by Crippen LogP contribution is -2.24. The molecule has 0 aliphatic heterocycles. The summed E-state index contributed by atoms with van der Waals surface area (Å²) in [4.78, 5) is 10.9. The zero-order valence-corrected chi connectivity index (χ0v) is 15.4. The van der Waals surface area contributed by atoms with E-state index in [1.165, 1.54) is 18.4 Å². The second-order valence-electron chi connectivity index (χ2n) is 7.74. The maximum Gasteiger partial charge on any atom is 0.306 e. The van der Waals surface area contributed by atoms with Crippen LogP contribution in [0.25, 0.3) is 0 Å². The van der Waals surface area contributed by atoms with Gasteiger partial charge >= 0.3 is 5.97 Å². The predicted octanol–water partition coefficient (Wildman–Crippen LogP) is 4.89. The van der Waals surface area contributed by atoms with E-state index in [2.05, 4.69) is 12.1 Å². The summed E-state index contributed by atoms with van der Waals surface area (Å²) in [6.07, 6.45) is 5.52. The van der Waals surface area contributed by atoms with Crippen LogP contribution in [0.2, 0.25) is 0 Å². The molecule has 4 atom stereocenters. The number of carbonyl (C=O) groups is 1. The van der Waals surface area contributed by atoms with Crippen LogP contribution in [0.4, 0.5) is 0 Å². The molecule has 2 fully saturated rings. The van der Waals surface area contributed by atoms with Crippen LogP contribution >= 0.6 is 0 Å². The largest absolute Gasteiger partial charge is 0.493 e. The van der Waals surface area contributed by atoms with Crippen molar-refractivity contribution in [3.63, 3.8) is 0 Å². The van der Waals surface area contributed by atoms with E-state index in [4.69, 9.17) is 14.6 Å². The minimum Gasteiger partial charge on any atom is -0.493 e. The number of rotatable bonds is 7. The summed E-state index contributed by atoms with van der Waals surface area (Å²) in [5, 5.41) is 8.95. The number of para-hydroxylation sites is 1. The monoisotopic (exact) mass is 366 g/mol. The molecule has 27 heavy (non-hydrogen) atoms. The minimum atomic E-state index is -0.705. The summed E-state index contributed by atoms with van der Waals surface area (Å²) in [5.74, 6) is 1.53. The molecule has 0 heterocycles. The van der Waals surface area contributed by atoms with Crippen LogP contribution in [0.1, 0.15) is 43.6 Å². The molecular weight excluding hydrogens is 340 g/mol. The Balaban J connectivity index is 1.29. The Morgan fingerprint density at radius 3 is 2.44 bits per heavy atom. The first-order valence-corrected chi connectivity index (χ1v) is 9.86. The van der Waals surface area contributed by atoms with Gasteiger partial charge in [-0.05, 0) is 67.9 Å². The van der Waals surface area contributed by atoms with Crippen molar-refractivity contribution in [2.45, 2.75) is 44.1 Å². The Bertz CT molecular complexity index is 756. The van der Waals surface area contributed by atoms with Crippen LogP contribution < -0.4 is 9.47 Å². The van der Waals surface area contributed by atoms with Gasteiger partial charge in [0, 0.05) is 5.92 Å². The summed E-state index contributed by atoms with van der Waals surface area (Å²) >= 11 is 0. The molecule has 2 aliphatic rings. The van der Waals surface area contributed by atoms with Gasteiger partial charge in [-0.15, -0.1) is 0 Å². The normalized spacial score (nSPS) is 27.0. The third-order valence-electron chi connectivity index (χ3n) is 5.73. The van der Waals surface area contributed by atoms with Crippen LogP contribution in [0.3, 0.4) is 0 Å². The highest BCUT2D eigenvalue weighted by Crippen LogP contribution is 2.39. The fourth-order valence-corrected chi connectivity index (χ4v) is 4.02. The van der Waals surface area contributed by atoms with Gasteiger partial charge in [-0.1, -0.05) is 30.3 Å². The maximum atomic E-state index is 10.9. The molecule has 4 heteroatoms. The van der Waals surface area contributed by atoms with Gasteiger partial charge in [0.2, 0.25) is 0 Å². The Morgan fingerprint density at radius 1 is 0.963 bits per heavy atom. The van der Waals surface area contributed by atoms with Crippen molar-refractivity contribution >= 4 is 5.97 Å². The van der Waals surface area contributed by atoms with Crippen LogP contribution in [-0.4, -0.2) is 23.8 Å². The third kappa shape index (κ3) is 4.62. The van der Waals surface area contributed by atoms with Crippen LogP contribution in [0, 0.1) is 11.8 Å². The second kappa shape index (κ2) is 8.03. The van der Waals surface area contributed by atoms with Gasteiger partial charge in [-0.2, -0.15) is 0 Å². The fourth-order valence-electron chi connectivity index (χ4n) is 4.02. The molecule has 0 amide bonds.